The summed E-state index contributed by atoms with van der Waals surface area (Å²) in [6.07, 6.45) is 3.50. The van der Waals surface area contributed by atoms with Crippen LogP contribution in [0.5, 0.6) is 0 Å². The molecule has 0 atom stereocenters. The highest BCUT2D eigenvalue weighted by Gasteiger charge is 2.18. The quantitative estimate of drug-likeness (QED) is 0.419. The van der Waals surface area contributed by atoms with E-state index in [9.17, 15) is 4.79 Å². The molecule has 0 amide bonds. The van der Waals surface area contributed by atoms with Crippen molar-refractivity contribution in [1.82, 2.24) is 29.5 Å². The van der Waals surface area contributed by atoms with Gasteiger partial charge in [-0.05, 0) is 35.9 Å². The van der Waals surface area contributed by atoms with E-state index < -0.39 is 0 Å². The Morgan fingerprint density at radius 3 is 2.82 bits per heavy atom. The van der Waals surface area contributed by atoms with Gasteiger partial charge < -0.3 is 9.88 Å². The molecule has 0 spiro atoms. The SMILES string of the molecule is Cn1c2nc(Nc3ccc(C#N)cc3)sc2c2cnn(Cc3cccc4[nH]ncc34)c(=O)c21. The van der Waals surface area contributed by atoms with Crippen molar-refractivity contribution < 1.29 is 0 Å². The summed E-state index contributed by atoms with van der Waals surface area (Å²) in [4.78, 5) is 18.0. The van der Waals surface area contributed by atoms with Crippen LogP contribution in [0.3, 0.4) is 0 Å². The number of fused-ring (bicyclic) bond motifs is 4. The molecule has 6 aromatic rings. The van der Waals surface area contributed by atoms with Crippen molar-refractivity contribution in [3.8, 4) is 6.07 Å². The van der Waals surface area contributed by atoms with Gasteiger partial charge in [-0.1, -0.05) is 23.5 Å². The molecule has 0 bridgehead atoms. The van der Waals surface area contributed by atoms with E-state index in [4.69, 9.17) is 10.2 Å². The molecule has 0 fully saturated rings. The molecule has 33 heavy (non-hydrogen) atoms. The summed E-state index contributed by atoms with van der Waals surface area (Å²) in [7, 11) is 1.85. The smallest absolute Gasteiger partial charge is 0.291 e. The zero-order valence-electron chi connectivity index (χ0n) is 17.4. The van der Waals surface area contributed by atoms with Gasteiger partial charge in [0.1, 0.15) is 5.52 Å². The van der Waals surface area contributed by atoms with Crippen molar-refractivity contribution in [2.75, 3.05) is 5.32 Å². The van der Waals surface area contributed by atoms with E-state index in [0.29, 0.717) is 22.8 Å². The number of hydrogen-bond acceptors (Lipinski definition) is 7. The van der Waals surface area contributed by atoms with Crippen LogP contribution in [0.15, 0.2) is 59.7 Å². The predicted octanol–water partition coefficient (Wildman–Crippen LogP) is 3.88. The first-order valence-corrected chi connectivity index (χ1v) is 11.0. The van der Waals surface area contributed by atoms with Crippen LogP contribution in [-0.4, -0.2) is 29.5 Å². The number of aromatic nitrogens is 6. The Bertz CT molecular complexity index is 1760. The summed E-state index contributed by atoms with van der Waals surface area (Å²) in [5.74, 6) is 0. The number of aryl methyl sites for hydroxylation is 1. The predicted molar refractivity (Wildman–Crippen MR) is 128 cm³/mol. The van der Waals surface area contributed by atoms with Crippen molar-refractivity contribution in [1.29, 1.82) is 5.26 Å². The number of nitrogens with zero attached hydrogens (tertiary/aromatic N) is 6. The normalized spacial score (nSPS) is 11.4. The number of thiazole rings is 1. The van der Waals surface area contributed by atoms with Crippen molar-refractivity contribution in [2.24, 2.45) is 7.05 Å². The molecule has 0 aliphatic rings. The summed E-state index contributed by atoms with van der Waals surface area (Å²) in [5.41, 5.74) is 4.46. The minimum absolute atomic E-state index is 0.165. The number of anilines is 2. The molecule has 0 saturated carbocycles. The maximum Gasteiger partial charge on any atom is 0.291 e. The lowest BCUT2D eigenvalue weighted by Crippen LogP contribution is -2.24. The lowest BCUT2D eigenvalue weighted by atomic mass is 10.1. The lowest BCUT2D eigenvalue weighted by molar-refractivity contribution is 0.647. The first-order chi connectivity index (χ1) is 16.1. The summed E-state index contributed by atoms with van der Waals surface area (Å²) < 4.78 is 4.20. The minimum atomic E-state index is -0.165. The third-order valence-corrected chi connectivity index (χ3v) is 6.68. The molecule has 2 aromatic carbocycles. The first-order valence-electron chi connectivity index (χ1n) is 10.2. The third-order valence-electron chi connectivity index (χ3n) is 5.69. The van der Waals surface area contributed by atoms with E-state index in [0.717, 1.165) is 37.9 Å². The average Bonchev–Trinajstić information content (AvgIpc) is 3.53. The highest BCUT2D eigenvalue weighted by atomic mass is 32.1. The van der Waals surface area contributed by atoms with Gasteiger partial charge >= 0.3 is 0 Å². The number of hydrogen-bond donors (Lipinski definition) is 2. The molecule has 4 heterocycles. The second-order valence-corrected chi connectivity index (χ2v) is 8.66. The van der Waals surface area contributed by atoms with Gasteiger partial charge in [0.2, 0.25) is 0 Å². The zero-order chi connectivity index (χ0) is 22.5. The van der Waals surface area contributed by atoms with E-state index in [-0.39, 0.29) is 5.56 Å². The Hall–Kier alpha value is -4.49. The van der Waals surface area contributed by atoms with Crippen LogP contribution < -0.4 is 10.9 Å². The number of rotatable bonds is 4. The summed E-state index contributed by atoms with van der Waals surface area (Å²) >= 11 is 1.47. The summed E-state index contributed by atoms with van der Waals surface area (Å²) in [5, 5.41) is 26.2. The van der Waals surface area contributed by atoms with Crippen LogP contribution in [-0.2, 0) is 13.6 Å². The second kappa shape index (κ2) is 7.29. The van der Waals surface area contributed by atoms with Gasteiger partial charge in [0.15, 0.2) is 10.8 Å². The Labute approximate surface area is 190 Å². The van der Waals surface area contributed by atoms with E-state index in [1.54, 1.807) is 24.5 Å². The highest BCUT2D eigenvalue weighted by Crippen LogP contribution is 2.34. The molecule has 0 aliphatic carbocycles. The third kappa shape index (κ3) is 3.06. The van der Waals surface area contributed by atoms with Crippen molar-refractivity contribution in [3.63, 3.8) is 0 Å². The Morgan fingerprint density at radius 2 is 2.00 bits per heavy atom. The molecule has 0 aliphatic heterocycles. The Morgan fingerprint density at radius 1 is 1.15 bits per heavy atom. The van der Waals surface area contributed by atoms with E-state index >= 15 is 0 Å². The fourth-order valence-electron chi connectivity index (χ4n) is 4.04. The number of benzene rings is 2. The summed E-state index contributed by atoms with van der Waals surface area (Å²) in [6.45, 7) is 0.351. The zero-order valence-corrected chi connectivity index (χ0v) is 18.2. The molecular formula is C23H16N8OS. The fourth-order valence-corrected chi connectivity index (χ4v) is 5.06. The monoisotopic (exact) mass is 452 g/mol. The molecular weight excluding hydrogens is 436 g/mol. The van der Waals surface area contributed by atoms with Gasteiger partial charge in [-0.15, -0.1) is 0 Å². The average molecular weight is 453 g/mol. The van der Waals surface area contributed by atoms with Gasteiger partial charge in [-0.2, -0.15) is 15.5 Å². The number of aromatic amines is 1. The van der Waals surface area contributed by atoms with Crippen molar-refractivity contribution >= 4 is 54.3 Å². The Balaban J connectivity index is 1.39. The number of nitriles is 1. The molecule has 0 radical (unpaired) electrons. The van der Waals surface area contributed by atoms with Gasteiger partial charge in [-0.25, -0.2) is 9.67 Å². The van der Waals surface area contributed by atoms with Gasteiger partial charge in [0.05, 0.1) is 40.8 Å². The number of H-pyrrole nitrogens is 1. The maximum absolute atomic E-state index is 13.3. The maximum atomic E-state index is 13.3. The molecule has 0 saturated heterocycles. The molecule has 0 unspecified atom stereocenters. The topological polar surface area (TPSA) is 117 Å². The van der Waals surface area contributed by atoms with Crippen LogP contribution in [0.4, 0.5) is 10.8 Å². The van der Waals surface area contributed by atoms with Crippen LogP contribution in [0.2, 0.25) is 0 Å². The highest BCUT2D eigenvalue weighted by molar-refractivity contribution is 7.23. The molecule has 9 nitrogen and oxygen atoms in total. The van der Waals surface area contributed by atoms with Crippen LogP contribution in [0, 0.1) is 11.3 Å². The molecule has 10 heteroatoms. The van der Waals surface area contributed by atoms with Gasteiger partial charge in [0, 0.05) is 23.5 Å². The van der Waals surface area contributed by atoms with Gasteiger partial charge in [-0.3, -0.25) is 9.89 Å². The van der Waals surface area contributed by atoms with E-state index in [1.807, 2.05) is 41.9 Å². The Kier molecular flexibility index (Phi) is 4.24. The molecule has 160 valence electrons. The standard InChI is InChI=1S/C23H16N8OS/c1-30-19-17(20-21(30)28-23(33-20)27-15-7-5-13(9-24)6-8-15)11-26-31(22(19)32)12-14-3-2-4-18-16(14)10-25-29-18/h2-8,10-11H,12H2,1H3,(H,25,29)(H,27,28). The first kappa shape index (κ1) is 19.2. The molecule has 6 rings (SSSR count). The van der Waals surface area contributed by atoms with E-state index in [1.165, 1.54) is 16.0 Å². The number of nitrogens with one attached hydrogen (secondary N) is 2. The minimum Gasteiger partial charge on any atom is -0.331 e. The molecule has 4 aromatic heterocycles. The van der Waals surface area contributed by atoms with Gasteiger partial charge in [0.25, 0.3) is 5.56 Å². The van der Waals surface area contributed by atoms with E-state index in [2.05, 4.69) is 26.7 Å². The van der Waals surface area contributed by atoms with Crippen LogP contribution in [0.1, 0.15) is 11.1 Å². The van der Waals surface area contributed by atoms with Crippen molar-refractivity contribution in [3.05, 3.63) is 76.3 Å². The summed E-state index contributed by atoms with van der Waals surface area (Å²) in [6, 6.07) is 15.1. The van der Waals surface area contributed by atoms with Crippen LogP contribution >= 0.6 is 11.3 Å². The fraction of sp³-hybridized carbons (Fsp3) is 0.0870. The largest absolute Gasteiger partial charge is 0.331 e. The van der Waals surface area contributed by atoms with Crippen molar-refractivity contribution in [2.45, 2.75) is 6.54 Å². The second-order valence-electron chi connectivity index (χ2n) is 7.66. The lowest BCUT2D eigenvalue weighted by Gasteiger charge is -2.07. The molecule has 2 N–H and O–H groups in total. The van der Waals surface area contributed by atoms with Crippen LogP contribution in [0.25, 0.3) is 32.2 Å².